The van der Waals surface area contributed by atoms with Gasteiger partial charge in [0.25, 0.3) is 9.82 Å². The number of aliphatic hydroxyl groups excluding tert-OH is 1. The van der Waals surface area contributed by atoms with E-state index >= 15 is 0 Å². The molecule has 2 aliphatic heterocycles. The van der Waals surface area contributed by atoms with E-state index in [0.717, 1.165) is 0 Å². The number of nitrogens with zero attached hydrogens (tertiary/aromatic N) is 1. The third kappa shape index (κ3) is 5.54. The molecular formula is C17H17Cl3IN3O6. The molecule has 3 N–H and O–H groups in total. The van der Waals surface area contributed by atoms with Gasteiger partial charge in [-0.15, -0.1) is 0 Å². The number of imide groups is 1. The summed E-state index contributed by atoms with van der Waals surface area (Å²) < 4.78 is 12.5. The van der Waals surface area contributed by atoms with Crippen molar-refractivity contribution in [3.05, 3.63) is 27.2 Å². The highest BCUT2D eigenvalue weighted by Crippen LogP contribution is 2.34. The van der Waals surface area contributed by atoms with Crippen molar-refractivity contribution in [1.29, 1.82) is 0 Å². The Morgan fingerprint density at radius 2 is 2.07 bits per heavy atom. The monoisotopic (exact) mass is 591 g/mol. The maximum atomic E-state index is 12.4. The molecule has 1 aromatic carbocycles. The van der Waals surface area contributed by atoms with Crippen molar-refractivity contribution in [2.45, 2.75) is 37.9 Å². The smallest absolute Gasteiger partial charge is 0.331 e. The van der Waals surface area contributed by atoms with E-state index in [2.05, 4.69) is 10.6 Å². The second-order valence-electron chi connectivity index (χ2n) is 6.45. The molecule has 30 heavy (non-hydrogen) atoms. The summed E-state index contributed by atoms with van der Waals surface area (Å²) >= 11 is 16.9. The molecule has 1 aromatic rings. The van der Waals surface area contributed by atoms with Gasteiger partial charge < -0.3 is 19.9 Å². The summed E-state index contributed by atoms with van der Waals surface area (Å²) in [5, 5.41) is 15.8. The molecule has 1 unspecified atom stereocenters. The number of halogens is 4. The molecule has 0 bridgehead atoms. The van der Waals surface area contributed by atoms with Crippen LogP contribution in [-0.4, -0.2) is 61.1 Å². The number of ether oxygens (including phenoxy) is 2. The van der Waals surface area contributed by atoms with Crippen LogP contribution >= 0.6 is 55.5 Å². The zero-order valence-electron chi connectivity index (χ0n) is 15.4. The van der Waals surface area contributed by atoms with Crippen molar-refractivity contribution in [2.75, 3.05) is 6.54 Å². The minimum absolute atomic E-state index is 0.00273. The van der Waals surface area contributed by atoms with Gasteiger partial charge in [-0.1, -0.05) is 34.8 Å². The molecule has 0 radical (unpaired) electrons. The van der Waals surface area contributed by atoms with E-state index in [0.29, 0.717) is 0 Å². The van der Waals surface area contributed by atoms with Crippen LogP contribution in [0, 0.1) is 0 Å². The Balaban J connectivity index is 1.53. The van der Waals surface area contributed by atoms with Crippen LogP contribution in [0.3, 0.4) is 0 Å². The number of nitrogens with one attached hydrogen (secondary N) is 2. The molecular weight excluding hydrogens is 575 g/mol. The van der Waals surface area contributed by atoms with Crippen LogP contribution in [0.4, 0.5) is 9.59 Å². The fraction of sp³-hybridized carbons (Fsp3) is 0.412. The van der Waals surface area contributed by atoms with Crippen molar-refractivity contribution in [1.82, 2.24) is 15.5 Å². The molecule has 164 valence electrons. The van der Waals surface area contributed by atoms with Gasteiger partial charge in [-0.25, -0.2) is 4.79 Å². The summed E-state index contributed by atoms with van der Waals surface area (Å²) in [5.41, 5.74) is 0. The van der Waals surface area contributed by atoms with Crippen LogP contribution in [0.5, 0.6) is 5.75 Å². The largest absolute Gasteiger partial charge is 0.479 e. The molecule has 0 saturated carbocycles. The van der Waals surface area contributed by atoms with E-state index < -0.39 is 57.2 Å². The number of amides is 4. The third-order valence-electron chi connectivity index (χ3n) is 4.33. The van der Waals surface area contributed by atoms with Crippen molar-refractivity contribution in [2.24, 2.45) is 0 Å². The van der Waals surface area contributed by atoms with Gasteiger partial charge in [0.2, 0.25) is 0 Å². The number of carbonyl (C=O) groups is 3. The van der Waals surface area contributed by atoms with E-state index in [-0.39, 0.29) is 37.7 Å². The molecule has 4 amide bonds. The lowest BCUT2D eigenvalue weighted by Gasteiger charge is -2.26. The van der Waals surface area contributed by atoms with Crippen LogP contribution in [0.2, 0.25) is 15.1 Å². The number of urea groups is 1. The molecule has 0 spiro atoms. The quantitative estimate of drug-likeness (QED) is 0.203. The lowest BCUT2D eigenvalue weighted by atomic mass is 10.1. The first kappa shape index (κ1) is 23.5. The molecule has 3 rings (SSSR count). The summed E-state index contributed by atoms with van der Waals surface area (Å²) in [5.74, 6) is -0.259. The molecule has 2 aliphatic rings. The van der Waals surface area contributed by atoms with E-state index in [1.54, 1.807) is 0 Å². The van der Waals surface area contributed by atoms with Crippen LogP contribution in [-0.2, 0) is 9.53 Å². The van der Waals surface area contributed by atoms with Gasteiger partial charge in [0.15, 0.2) is 6.10 Å². The van der Waals surface area contributed by atoms with Gasteiger partial charge in [0.1, 0.15) is 18.1 Å². The Morgan fingerprint density at radius 1 is 1.37 bits per heavy atom. The normalized spacial score (nSPS) is 24.8. The van der Waals surface area contributed by atoms with E-state index in [1.165, 1.54) is 28.1 Å². The van der Waals surface area contributed by atoms with E-state index in [4.69, 9.17) is 44.3 Å². The summed E-state index contributed by atoms with van der Waals surface area (Å²) in [6, 6.07) is 2.24. The second kappa shape index (κ2) is 9.96. The van der Waals surface area contributed by atoms with Gasteiger partial charge >= 0.3 is 6.03 Å². The lowest BCUT2D eigenvalue weighted by molar-refractivity contribution is -0.128. The fourth-order valence-corrected chi connectivity index (χ4v) is 4.90. The van der Waals surface area contributed by atoms with Gasteiger partial charge in [0.05, 0.1) is 21.2 Å². The van der Waals surface area contributed by atoms with Gasteiger partial charge in [-0.2, -0.15) is 0 Å². The molecule has 0 aromatic heterocycles. The van der Waals surface area contributed by atoms with E-state index in [1.807, 2.05) is 0 Å². The highest BCUT2D eigenvalue weighted by Gasteiger charge is 2.40. The first-order chi connectivity index (χ1) is 14.2. The van der Waals surface area contributed by atoms with Crippen molar-refractivity contribution < 1.29 is 29.0 Å². The Hall–Kier alpha value is -1.18. The molecule has 1 fully saturated rings. The zero-order chi connectivity index (χ0) is 22.0. The lowest BCUT2D eigenvalue weighted by Crippen LogP contribution is -2.48. The van der Waals surface area contributed by atoms with Crippen molar-refractivity contribution >= 4 is 75.5 Å². The first-order valence-electron chi connectivity index (χ1n) is 8.68. The Bertz CT molecular complexity index is 902. The Labute approximate surface area is 196 Å². The van der Waals surface area contributed by atoms with Crippen LogP contribution < -0.4 is 15.4 Å². The predicted octanol–water partition coefficient (Wildman–Crippen LogP) is 2.88. The summed E-state index contributed by atoms with van der Waals surface area (Å²) in [6.07, 6.45) is -3.08. The fourth-order valence-electron chi connectivity index (χ4n) is 2.76. The summed E-state index contributed by atoms with van der Waals surface area (Å²) in [7, 11) is 0. The maximum Gasteiger partial charge on any atom is 0.331 e. The number of benzene rings is 1. The highest BCUT2D eigenvalue weighted by molar-refractivity contribution is 14.2. The summed E-state index contributed by atoms with van der Waals surface area (Å²) in [4.78, 5) is 36.8. The molecule has 4 atom stereocenters. The topological polar surface area (TPSA) is 117 Å². The van der Waals surface area contributed by atoms with Crippen LogP contribution in [0.15, 0.2) is 12.1 Å². The van der Waals surface area contributed by atoms with E-state index in [9.17, 15) is 19.5 Å². The molecule has 0 aliphatic carbocycles. The number of aliphatic hydroxyl groups is 1. The third-order valence-corrected chi connectivity index (χ3v) is 7.06. The van der Waals surface area contributed by atoms with Gasteiger partial charge in [0, 0.05) is 43.9 Å². The average Bonchev–Trinajstić information content (AvgIpc) is 3.04. The van der Waals surface area contributed by atoms with Crippen LogP contribution in [0.1, 0.15) is 13.3 Å². The molecule has 13 heteroatoms. The minimum atomic E-state index is -0.969. The van der Waals surface area contributed by atoms with Crippen molar-refractivity contribution in [3.63, 3.8) is 0 Å². The van der Waals surface area contributed by atoms with Crippen molar-refractivity contribution in [3.8, 4) is 5.75 Å². The highest BCUT2D eigenvalue weighted by atomic mass is 127. The second-order valence-corrected chi connectivity index (χ2v) is 9.83. The molecule has 9 nitrogen and oxygen atoms in total. The maximum absolute atomic E-state index is 12.4. The number of carbonyl (C=O) groups excluding carboxylic acids is 3. The SMILES string of the molecule is CC(Oc1cc(Cl)c(Cl)cc1Cl)C(=O)NC[C@H]1O[C@@H](N2C=IC(=O)NC2=O)C[C@@H]1O. The standard InChI is InChI=1S/C17H17Cl3IN3O6/c1-7(29-12-3-9(19)8(18)2-10(12)20)15(26)22-5-13-11(25)4-14(30-13)24-6-21-16(27)23-17(24)28/h2-3,6-7,11,13-14,25H,4-5H2,1H3,(H,22,26)(H,23,27,28)/t7?,11-,13+,14+/m0/s1. The van der Waals surface area contributed by atoms with Gasteiger partial charge in [-0.05, 0) is 13.0 Å². The predicted molar refractivity (Wildman–Crippen MR) is 120 cm³/mol. The average molecular weight is 593 g/mol. The van der Waals surface area contributed by atoms with Crippen LogP contribution in [0.25, 0.3) is 0 Å². The minimum Gasteiger partial charge on any atom is -0.479 e. The number of hydrogen-bond acceptors (Lipinski definition) is 6. The zero-order valence-corrected chi connectivity index (χ0v) is 19.8. The first-order valence-corrected chi connectivity index (χ1v) is 12.1. The molecule has 1 saturated heterocycles. The number of rotatable bonds is 6. The number of hydrogen-bond donors (Lipinski definition) is 3. The summed E-state index contributed by atoms with van der Waals surface area (Å²) in [6.45, 7) is 1.53. The Kier molecular flexibility index (Phi) is 7.80. The van der Waals surface area contributed by atoms with Gasteiger partial charge in [-0.3, -0.25) is 19.8 Å². The molecule has 2 heterocycles. The Morgan fingerprint density at radius 3 is 2.77 bits per heavy atom.